The Morgan fingerprint density at radius 2 is 1.78 bits per heavy atom. The normalized spacial score (nSPS) is 12.5. The van der Waals surface area contributed by atoms with Crippen LogP contribution in [0.25, 0.3) is 16.9 Å². The van der Waals surface area contributed by atoms with Crippen molar-refractivity contribution >= 4 is 5.82 Å². The standard InChI is InChI=1S/C22H28N4O/c1-15(2)12-16(3)13-19-21(17-10-11-20(27)25(4)14-17)24-26(22(19)23)18-8-6-5-7-9-18/h5-11,14-16H,12-13,23H2,1-4H3. The van der Waals surface area contributed by atoms with Gasteiger partial charge < -0.3 is 10.3 Å². The van der Waals surface area contributed by atoms with Crippen molar-refractivity contribution in [3.05, 3.63) is 64.6 Å². The molecule has 0 spiro atoms. The van der Waals surface area contributed by atoms with E-state index in [1.165, 1.54) is 0 Å². The largest absolute Gasteiger partial charge is 0.383 e. The third-order valence-corrected chi connectivity index (χ3v) is 4.81. The van der Waals surface area contributed by atoms with Gasteiger partial charge in [0.15, 0.2) is 0 Å². The molecule has 0 amide bonds. The molecule has 27 heavy (non-hydrogen) atoms. The maximum absolute atomic E-state index is 11.8. The summed E-state index contributed by atoms with van der Waals surface area (Å²) in [5, 5.41) is 4.83. The number of rotatable bonds is 6. The zero-order valence-corrected chi connectivity index (χ0v) is 16.5. The van der Waals surface area contributed by atoms with Gasteiger partial charge in [0.05, 0.1) is 11.4 Å². The van der Waals surface area contributed by atoms with Crippen molar-refractivity contribution in [2.24, 2.45) is 18.9 Å². The lowest BCUT2D eigenvalue weighted by molar-refractivity contribution is 0.438. The van der Waals surface area contributed by atoms with Crippen LogP contribution in [0.5, 0.6) is 0 Å². The Kier molecular flexibility index (Phi) is 5.49. The van der Waals surface area contributed by atoms with Crippen LogP contribution in [-0.4, -0.2) is 14.3 Å². The van der Waals surface area contributed by atoms with Gasteiger partial charge in [0, 0.05) is 30.4 Å². The molecule has 5 nitrogen and oxygen atoms in total. The van der Waals surface area contributed by atoms with E-state index < -0.39 is 0 Å². The Balaban J connectivity index is 2.12. The van der Waals surface area contributed by atoms with Gasteiger partial charge in [0.1, 0.15) is 5.82 Å². The third kappa shape index (κ3) is 4.13. The second-order valence-corrected chi connectivity index (χ2v) is 7.77. The first-order chi connectivity index (χ1) is 12.9. The number of aryl methyl sites for hydroxylation is 1. The summed E-state index contributed by atoms with van der Waals surface area (Å²) >= 11 is 0. The molecule has 3 rings (SSSR count). The first-order valence-electron chi connectivity index (χ1n) is 9.46. The van der Waals surface area contributed by atoms with Gasteiger partial charge in [-0.25, -0.2) is 4.68 Å². The molecular formula is C22H28N4O. The highest BCUT2D eigenvalue weighted by Crippen LogP contribution is 2.32. The molecular weight excluding hydrogens is 336 g/mol. The van der Waals surface area contributed by atoms with Gasteiger partial charge in [-0.05, 0) is 42.9 Å². The minimum atomic E-state index is -0.0380. The quantitative estimate of drug-likeness (QED) is 0.718. The van der Waals surface area contributed by atoms with Gasteiger partial charge in [0.25, 0.3) is 0 Å². The van der Waals surface area contributed by atoms with Crippen molar-refractivity contribution in [1.29, 1.82) is 0 Å². The molecule has 2 aromatic heterocycles. The SMILES string of the molecule is CC(C)CC(C)Cc1c(-c2ccc(=O)n(C)c2)nn(-c2ccccc2)c1N. The smallest absolute Gasteiger partial charge is 0.250 e. The van der Waals surface area contributed by atoms with Gasteiger partial charge in [-0.3, -0.25) is 4.79 Å². The first kappa shape index (κ1) is 19.0. The van der Waals surface area contributed by atoms with Crippen LogP contribution in [0, 0.1) is 11.8 Å². The molecule has 1 aromatic carbocycles. The van der Waals surface area contributed by atoms with Crippen molar-refractivity contribution in [2.45, 2.75) is 33.6 Å². The third-order valence-electron chi connectivity index (χ3n) is 4.81. The zero-order chi connectivity index (χ0) is 19.6. The molecule has 0 aliphatic rings. The summed E-state index contributed by atoms with van der Waals surface area (Å²) < 4.78 is 3.38. The average molecular weight is 364 g/mol. The number of hydrogen-bond donors (Lipinski definition) is 1. The van der Waals surface area contributed by atoms with E-state index in [9.17, 15) is 4.79 Å². The van der Waals surface area contributed by atoms with E-state index in [1.54, 1.807) is 22.4 Å². The second-order valence-electron chi connectivity index (χ2n) is 7.77. The predicted octanol–water partition coefficient (Wildman–Crippen LogP) is 4.04. The summed E-state index contributed by atoms with van der Waals surface area (Å²) in [6, 6.07) is 13.3. The molecule has 1 atom stereocenters. The van der Waals surface area contributed by atoms with Gasteiger partial charge in [0.2, 0.25) is 5.56 Å². The van der Waals surface area contributed by atoms with E-state index in [2.05, 4.69) is 20.8 Å². The molecule has 3 aromatic rings. The fraction of sp³-hybridized carbons (Fsp3) is 0.364. The molecule has 5 heteroatoms. The van der Waals surface area contributed by atoms with Crippen LogP contribution in [-0.2, 0) is 13.5 Å². The Bertz CT molecular complexity index is 970. The van der Waals surface area contributed by atoms with Crippen LogP contribution in [0.2, 0.25) is 0 Å². The Morgan fingerprint density at radius 1 is 1.07 bits per heavy atom. The first-order valence-corrected chi connectivity index (χ1v) is 9.46. The Labute approximate surface area is 160 Å². The highest BCUT2D eigenvalue weighted by molar-refractivity contribution is 5.69. The minimum absolute atomic E-state index is 0.0380. The lowest BCUT2D eigenvalue weighted by atomic mass is 9.91. The topological polar surface area (TPSA) is 65.8 Å². The van der Waals surface area contributed by atoms with Crippen molar-refractivity contribution < 1.29 is 0 Å². The zero-order valence-electron chi connectivity index (χ0n) is 16.5. The van der Waals surface area contributed by atoms with Crippen molar-refractivity contribution in [3.63, 3.8) is 0 Å². The van der Waals surface area contributed by atoms with E-state index in [0.717, 1.165) is 35.3 Å². The van der Waals surface area contributed by atoms with Crippen molar-refractivity contribution in [2.75, 3.05) is 5.73 Å². The lowest BCUT2D eigenvalue weighted by Gasteiger charge is -2.14. The van der Waals surface area contributed by atoms with Crippen molar-refractivity contribution in [3.8, 4) is 16.9 Å². The molecule has 0 aliphatic heterocycles. The van der Waals surface area contributed by atoms with Gasteiger partial charge in [-0.1, -0.05) is 39.0 Å². The fourth-order valence-corrected chi connectivity index (χ4v) is 3.63. The number of aromatic nitrogens is 3. The predicted molar refractivity (Wildman–Crippen MR) is 111 cm³/mol. The highest BCUT2D eigenvalue weighted by atomic mass is 16.1. The molecule has 1 unspecified atom stereocenters. The van der Waals surface area contributed by atoms with Crippen LogP contribution in [0.3, 0.4) is 0 Å². The number of hydrogen-bond acceptors (Lipinski definition) is 3. The van der Waals surface area contributed by atoms with E-state index in [1.807, 2.05) is 42.6 Å². The average Bonchev–Trinajstić information content (AvgIpc) is 2.94. The van der Waals surface area contributed by atoms with E-state index in [4.69, 9.17) is 10.8 Å². The van der Waals surface area contributed by atoms with Crippen molar-refractivity contribution in [1.82, 2.24) is 14.3 Å². The van der Waals surface area contributed by atoms with E-state index in [-0.39, 0.29) is 5.56 Å². The van der Waals surface area contributed by atoms with Gasteiger partial charge in [-0.15, -0.1) is 0 Å². The summed E-state index contributed by atoms with van der Waals surface area (Å²) in [4.78, 5) is 11.8. The second kappa shape index (κ2) is 7.82. The number of nitrogen functional groups attached to an aromatic ring is 1. The molecule has 2 heterocycles. The van der Waals surface area contributed by atoms with Crippen LogP contribution in [0.1, 0.15) is 32.8 Å². The number of anilines is 1. The van der Waals surface area contributed by atoms with E-state index >= 15 is 0 Å². The maximum Gasteiger partial charge on any atom is 0.250 e. The molecule has 0 fully saturated rings. The van der Waals surface area contributed by atoms with Crippen LogP contribution < -0.4 is 11.3 Å². The summed E-state index contributed by atoms with van der Waals surface area (Å²) in [5.74, 6) is 1.79. The number of pyridine rings is 1. The number of benzene rings is 1. The summed E-state index contributed by atoms with van der Waals surface area (Å²) in [7, 11) is 1.75. The van der Waals surface area contributed by atoms with Gasteiger partial charge >= 0.3 is 0 Å². The summed E-state index contributed by atoms with van der Waals surface area (Å²) in [6.45, 7) is 6.73. The fourth-order valence-electron chi connectivity index (χ4n) is 3.63. The maximum atomic E-state index is 11.8. The highest BCUT2D eigenvalue weighted by Gasteiger charge is 2.21. The molecule has 0 saturated carbocycles. The van der Waals surface area contributed by atoms with Crippen LogP contribution in [0.4, 0.5) is 5.82 Å². The summed E-state index contributed by atoms with van der Waals surface area (Å²) in [6.07, 6.45) is 3.81. The number of nitrogens with two attached hydrogens (primary N) is 1. The van der Waals surface area contributed by atoms with Gasteiger partial charge in [-0.2, -0.15) is 5.10 Å². The summed E-state index contributed by atoms with van der Waals surface area (Å²) in [5.41, 5.74) is 10.3. The molecule has 0 aliphatic carbocycles. The number of para-hydroxylation sites is 1. The monoisotopic (exact) mass is 364 g/mol. The van der Waals surface area contributed by atoms with E-state index in [0.29, 0.717) is 17.7 Å². The molecule has 0 saturated heterocycles. The molecule has 0 bridgehead atoms. The van der Waals surface area contributed by atoms with Crippen LogP contribution >= 0.6 is 0 Å². The van der Waals surface area contributed by atoms with Crippen LogP contribution in [0.15, 0.2) is 53.5 Å². The lowest BCUT2D eigenvalue weighted by Crippen LogP contribution is -2.14. The Morgan fingerprint density at radius 3 is 2.41 bits per heavy atom. The number of nitrogens with zero attached hydrogens (tertiary/aromatic N) is 3. The molecule has 2 N–H and O–H groups in total. The Hall–Kier alpha value is -2.82. The minimum Gasteiger partial charge on any atom is -0.383 e. The molecule has 0 radical (unpaired) electrons. The molecule has 142 valence electrons.